The van der Waals surface area contributed by atoms with Gasteiger partial charge in [0.15, 0.2) is 0 Å². The highest BCUT2D eigenvalue weighted by Gasteiger charge is 2.15. The van der Waals surface area contributed by atoms with Crippen LogP contribution in [0.4, 0.5) is 5.69 Å². The number of phenolic OH excluding ortho intramolecular Hbond substituents is 1. The lowest BCUT2D eigenvalue weighted by molar-refractivity contribution is 0.0953. The molecule has 8 heteroatoms. The van der Waals surface area contributed by atoms with Gasteiger partial charge in [0.1, 0.15) is 5.75 Å². The Morgan fingerprint density at radius 3 is 2.44 bits per heavy atom. The number of carbonyl (C=O) groups excluding carboxylic acids is 1. The van der Waals surface area contributed by atoms with Crippen LogP contribution in [-0.4, -0.2) is 25.2 Å². The van der Waals surface area contributed by atoms with Crippen LogP contribution in [0.1, 0.15) is 34.8 Å². The van der Waals surface area contributed by atoms with Crippen LogP contribution in [0, 0.1) is 0 Å². The van der Waals surface area contributed by atoms with E-state index in [0.29, 0.717) is 29.7 Å². The van der Waals surface area contributed by atoms with Gasteiger partial charge in [-0.2, -0.15) is 0 Å². The number of phenols is 1. The summed E-state index contributed by atoms with van der Waals surface area (Å²) in [6.45, 7) is 1.78. The Morgan fingerprint density at radius 1 is 1.16 bits per heavy atom. The predicted molar refractivity (Wildman–Crippen MR) is 96.7 cm³/mol. The Balaban J connectivity index is 2.28. The van der Waals surface area contributed by atoms with Crippen molar-refractivity contribution in [3.05, 3.63) is 59.2 Å². The largest absolute Gasteiger partial charge is 0.508 e. The lowest BCUT2D eigenvalue weighted by Gasteiger charge is -2.14. The van der Waals surface area contributed by atoms with E-state index in [0.717, 1.165) is 5.56 Å². The maximum atomic E-state index is 12.0. The molecule has 0 fully saturated rings. The number of hydrogen-bond acceptors (Lipinski definition) is 5. The molecule has 5 N–H and O–H groups in total. The summed E-state index contributed by atoms with van der Waals surface area (Å²) in [6.07, 6.45) is 0.801. The van der Waals surface area contributed by atoms with Gasteiger partial charge < -0.3 is 5.11 Å². The number of nitrogens with one attached hydrogen (secondary N) is 2. The third-order valence-corrected chi connectivity index (χ3v) is 5.09. The zero-order valence-electron chi connectivity index (χ0n) is 13.8. The Kier molecular flexibility index (Phi) is 6.00. The van der Waals surface area contributed by atoms with Gasteiger partial charge in [-0.05, 0) is 36.2 Å². The van der Waals surface area contributed by atoms with Crippen LogP contribution in [0.2, 0.25) is 0 Å². The van der Waals surface area contributed by atoms with Gasteiger partial charge in [0.2, 0.25) is 10.0 Å². The first-order valence-electron chi connectivity index (χ1n) is 7.77. The topological polar surface area (TPSA) is 122 Å². The lowest BCUT2D eigenvalue weighted by Crippen LogP contribution is -2.29. The first kappa shape index (κ1) is 18.8. The second-order valence-electron chi connectivity index (χ2n) is 5.57. The number of nitrogens with two attached hydrogens (primary N) is 1. The zero-order chi connectivity index (χ0) is 18.4. The minimum Gasteiger partial charge on any atom is -0.508 e. The third kappa shape index (κ3) is 4.94. The molecule has 7 nitrogen and oxygen atoms in total. The molecule has 0 bridgehead atoms. The van der Waals surface area contributed by atoms with Crippen molar-refractivity contribution in [2.45, 2.75) is 19.8 Å². The molecule has 0 aromatic heterocycles. The van der Waals surface area contributed by atoms with Crippen LogP contribution in [0.15, 0.2) is 42.5 Å². The summed E-state index contributed by atoms with van der Waals surface area (Å²) in [5.41, 5.74) is 4.09. The van der Waals surface area contributed by atoms with Crippen molar-refractivity contribution in [2.75, 3.05) is 10.5 Å². The van der Waals surface area contributed by atoms with E-state index in [4.69, 9.17) is 5.84 Å². The Bertz CT molecular complexity index is 849. The fourth-order valence-electron chi connectivity index (χ4n) is 2.40. The summed E-state index contributed by atoms with van der Waals surface area (Å²) in [5.74, 6) is 4.70. The maximum absolute atomic E-state index is 12.0. The van der Waals surface area contributed by atoms with Crippen molar-refractivity contribution in [1.82, 2.24) is 5.43 Å². The lowest BCUT2D eigenvalue weighted by atomic mass is 10.0. The number of anilines is 1. The van der Waals surface area contributed by atoms with Crippen molar-refractivity contribution < 1.29 is 18.3 Å². The first-order valence-corrected chi connectivity index (χ1v) is 9.42. The average molecular weight is 363 g/mol. The molecular weight excluding hydrogens is 342 g/mol. The smallest absolute Gasteiger partial charge is 0.265 e. The fourth-order valence-corrected chi connectivity index (χ4v) is 3.57. The molecule has 25 heavy (non-hydrogen) atoms. The van der Waals surface area contributed by atoms with Gasteiger partial charge in [-0.25, -0.2) is 14.3 Å². The molecule has 0 aliphatic rings. The van der Waals surface area contributed by atoms with Crippen molar-refractivity contribution in [2.24, 2.45) is 5.84 Å². The van der Waals surface area contributed by atoms with E-state index in [2.05, 4.69) is 10.1 Å². The van der Waals surface area contributed by atoms with Crippen LogP contribution in [0.3, 0.4) is 0 Å². The van der Waals surface area contributed by atoms with Crippen molar-refractivity contribution in [3.8, 4) is 5.75 Å². The maximum Gasteiger partial charge on any atom is 0.265 e. The number of hydrogen-bond donors (Lipinski definition) is 4. The summed E-state index contributed by atoms with van der Waals surface area (Å²) in [4.78, 5) is 11.5. The van der Waals surface area contributed by atoms with Crippen molar-refractivity contribution >= 4 is 21.6 Å². The SMILES string of the molecule is CCCS(=O)(=O)Nc1cccc(O)c1Cc1ccc(C(=O)NN)cc1. The molecule has 0 spiro atoms. The van der Waals surface area contributed by atoms with Crippen LogP contribution in [-0.2, 0) is 16.4 Å². The molecule has 0 aliphatic carbocycles. The van der Waals surface area contributed by atoms with Gasteiger partial charge in [0.25, 0.3) is 5.91 Å². The third-order valence-electron chi connectivity index (χ3n) is 3.62. The average Bonchev–Trinajstić information content (AvgIpc) is 2.57. The quantitative estimate of drug-likeness (QED) is 0.339. The standard InChI is InChI=1S/C17H21N3O4S/c1-2-10-25(23,24)20-15-4-3-5-16(21)14(15)11-12-6-8-13(9-7-12)17(22)19-18/h3-9,20-21H,2,10-11,18H2,1H3,(H,19,22). The summed E-state index contributed by atoms with van der Waals surface area (Å²) in [5, 5.41) is 10.1. The number of rotatable bonds is 7. The summed E-state index contributed by atoms with van der Waals surface area (Å²) >= 11 is 0. The van der Waals surface area contributed by atoms with Gasteiger partial charge in [-0.3, -0.25) is 14.9 Å². The van der Waals surface area contributed by atoms with Gasteiger partial charge in [0, 0.05) is 17.5 Å². The molecule has 1 amide bonds. The van der Waals surface area contributed by atoms with Crippen LogP contribution >= 0.6 is 0 Å². The van der Waals surface area contributed by atoms with Gasteiger partial charge in [-0.1, -0.05) is 25.1 Å². The molecule has 0 unspecified atom stereocenters. The highest BCUT2D eigenvalue weighted by molar-refractivity contribution is 7.92. The van der Waals surface area contributed by atoms with Gasteiger partial charge in [0.05, 0.1) is 11.4 Å². The zero-order valence-corrected chi connectivity index (χ0v) is 14.6. The molecule has 0 saturated carbocycles. The van der Waals surface area contributed by atoms with E-state index >= 15 is 0 Å². The Hall–Kier alpha value is -2.58. The molecule has 2 aromatic rings. The number of aromatic hydroxyl groups is 1. The van der Waals surface area contributed by atoms with Crippen molar-refractivity contribution in [1.29, 1.82) is 0 Å². The second kappa shape index (κ2) is 8.00. The highest BCUT2D eigenvalue weighted by Crippen LogP contribution is 2.29. The van der Waals surface area contributed by atoms with E-state index in [1.54, 1.807) is 43.3 Å². The molecule has 2 aromatic carbocycles. The molecular formula is C17H21N3O4S. The number of carbonyl (C=O) groups is 1. The molecule has 0 saturated heterocycles. The van der Waals surface area contributed by atoms with Crippen LogP contribution in [0.5, 0.6) is 5.75 Å². The summed E-state index contributed by atoms with van der Waals surface area (Å²) < 4.78 is 26.6. The Labute approximate surface area is 146 Å². The number of hydrazine groups is 1. The Morgan fingerprint density at radius 2 is 1.84 bits per heavy atom. The fraction of sp³-hybridized carbons (Fsp3) is 0.235. The predicted octanol–water partition coefficient (Wildman–Crippen LogP) is 1.74. The monoisotopic (exact) mass is 363 g/mol. The number of nitrogen functional groups attached to an aromatic ring is 1. The highest BCUT2D eigenvalue weighted by atomic mass is 32.2. The number of amides is 1. The van der Waals surface area contributed by atoms with Gasteiger partial charge in [-0.15, -0.1) is 0 Å². The van der Waals surface area contributed by atoms with Gasteiger partial charge >= 0.3 is 0 Å². The molecule has 0 atom stereocenters. The van der Waals surface area contributed by atoms with E-state index < -0.39 is 15.9 Å². The summed E-state index contributed by atoms with van der Waals surface area (Å²) in [6, 6.07) is 11.4. The summed E-state index contributed by atoms with van der Waals surface area (Å²) in [7, 11) is -3.47. The molecule has 134 valence electrons. The minimum atomic E-state index is -3.47. The van der Waals surface area contributed by atoms with E-state index in [1.165, 1.54) is 6.07 Å². The molecule has 0 aliphatic heterocycles. The molecule has 0 radical (unpaired) electrons. The normalized spacial score (nSPS) is 11.1. The minimum absolute atomic E-state index is 0.000441. The molecule has 0 heterocycles. The van der Waals surface area contributed by atoms with E-state index in [1.807, 2.05) is 0 Å². The van der Waals surface area contributed by atoms with E-state index in [9.17, 15) is 18.3 Å². The number of benzene rings is 2. The molecule has 2 rings (SSSR count). The van der Waals surface area contributed by atoms with Crippen LogP contribution < -0.4 is 16.0 Å². The number of sulfonamides is 1. The van der Waals surface area contributed by atoms with Crippen molar-refractivity contribution in [3.63, 3.8) is 0 Å². The van der Waals surface area contributed by atoms with E-state index in [-0.39, 0.29) is 11.5 Å². The first-order chi connectivity index (χ1) is 11.9. The second-order valence-corrected chi connectivity index (χ2v) is 7.41. The van der Waals surface area contributed by atoms with Crippen LogP contribution in [0.25, 0.3) is 0 Å².